The van der Waals surface area contributed by atoms with Crippen LogP contribution in [0.5, 0.6) is 0 Å². The molecule has 3 heterocycles. The van der Waals surface area contributed by atoms with Gasteiger partial charge in [-0.15, -0.1) is 0 Å². The summed E-state index contributed by atoms with van der Waals surface area (Å²) in [5.74, 6) is 0.294. The van der Waals surface area contributed by atoms with Crippen molar-refractivity contribution in [2.75, 3.05) is 36.0 Å². The summed E-state index contributed by atoms with van der Waals surface area (Å²) >= 11 is 0. The molecule has 28 heavy (non-hydrogen) atoms. The van der Waals surface area contributed by atoms with E-state index in [1.54, 1.807) is 42.7 Å². The summed E-state index contributed by atoms with van der Waals surface area (Å²) in [6, 6.07) is 8.04. The van der Waals surface area contributed by atoms with E-state index in [0.29, 0.717) is 17.2 Å². The first-order valence-electron chi connectivity index (χ1n) is 9.39. The number of carbonyl (C=O) groups excluding carboxylic acids is 3. The fraction of sp³-hybridized carbons (Fsp3) is 0.350. The first-order valence-corrected chi connectivity index (χ1v) is 9.39. The average Bonchev–Trinajstić information content (AvgIpc) is 3.03. The standard InChI is InChI=1S/C20H21N5O3/c1-14(26)15-3-5-16(6-4-15)25-18(27)13-17(19(25)28)23-9-11-24(12-10-23)20-21-7-2-8-22-20/h2-8,17H,9-13H2,1H3/p+1. The third-order valence-electron chi connectivity index (χ3n) is 5.41. The van der Waals surface area contributed by atoms with Crippen molar-refractivity contribution in [3.05, 3.63) is 48.3 Å². The molecular formula is C20H22N5O3+. The van der Waals surface area contributed by atoms with Crippen molar-refractivity contribution in [2.45, 2.75) is 19.4 Å². The molecule has 1 aromatic carbocycles. The molecule has 2 amide bonds. The molecule has 0 spiro atoms. The van der Waals surface area contributed by atoms with Gasteiger partial charge < -0.3 is 9.80 Å². The summed E-state index contributed by atoms with van der Waals surface area (Å²) in [5.41, 5.74) is 1.09. The molecule has 144 valence electrons. The van der Waals surface area contributed by atoms with Crippen LogP contribution in [-0.4, -0.2) is 59.8 Å². The second-order valence-electron chi connectivity index (χ2n) is 7.12. The summed E-state index contributed by atoms with van der Waals surface area (Å²) in [5, 5.41) is 0. The Morgan fingerprint density at radius 1 is 1.07 bits per heavy atom. The lowest BCUT2D eigenvalue weighted by atomic mass is 10.1. The maximum Gasteiger partial charge on any atom is 0.292 e. The number of rotatable bonds is 4. The highest BCUT2D eigenvalue weighted by Gasteiger charge is 2.46. The normalized spacial score (nSPS) is 20.7. The molecule has 8 heteroatoms. The van der Waals surface area contributed by atoms with Crippen LogP contribution in [0.1, 0.15) is 23.7 Å². The summed E-state index contributed by atoms with van der Waals surface area (Å²) in [6.45, 7) is 4.47. The number of imide groups is 1. The zero-order valence-electron chi connectivity index (χ0n) is 15.7. The molecule has 1 unspecified atom stereocenters. The Balaban J connectivity index is 1.44. The van der Waals surface area contributed by atoms with Crippen molar-refractivity contribution in [2.24, 2.45) is 0 Å². The van der Waals surface area contributed by atoms with E-state index in [-0.39, 0.29) is 30.1 Å². The number of hydrogen-bond donors (Lipinski definition) is 1. The van der Waals surface area contributed by atoms with E-state index in [2.05, 4.69) is 14.9 Å². The van der Waals surface area contributed by atoms with Gasteiger partial charge in [-0.2, -0.15) is 0 Å². The maximum atomic E-state index is 13.0. The van der Waals surface area contributed by atoms with E-state index >= 15 is 0 Å². The van der Waals surface area contributed by atoms with Gasteiger partial charge in [-0.3, -0.25) is 14.4 Å². The zero-order chi connectivity index (χ0) is 19.7. The van der Waals surface area contributed by atoms with Crippen LogP contribution in [0.3, 0.4) is 0 Å². The van der Waals surface area contributed by atoms with Gasteiger partial charge in [-0.05, 0) is 37.3 Å². The molecule has 4 rings (SSSR count). The summed E-state index contributed by atoms with van der Waals surface area (Å²) < 4.78 is 0. The summed E-state index contributed by atoms with van der Waals surface area (Å²) in [6.07, 6.45) is 3.65. The second kappa shape index (κ2) is 7.47. The average molecular weight is 380 g/mol. The van der Waals surface area contributed by atoms with E-state index in [1.807, 2.05) is 0 Å². The topological polar surface area (TPSA) is 87.9 Å². The smallest absolute Gasteiger partial charge is 0.292 e. The number of hydrogen-bond acceptors (Lipinski definition) is 6. The van der Waals surface area contributed by atoms with Gasteiger partial charge in [0.2, 0.25) is 11.9 Å². The maximum absolute atomic E-state index is 13.0. The molecule has 2 saturated heterocycles. The largest absolute Gasteiger partial charge is 0.330 e. The summed E-state index contributed by atoms with van der Waals surface area (Å²) in [4.78, 5) is 50.0. The third-order valence-corrected chi connectivity index (χ3v) is 5.41. The van der Waals surface area contributed by atoms with Crippen molar-refractivity contribution in [3.63, 3.8) is 0 Å². The van der Waals surface area contributed by atoms with Crippen molar-refractivity contribution in [1.82, 2.24) is 9.97 Å². The number of anilines is 2. The van der Waals surface area contributed by atoms with Crippen molar-refractivity contribution >= 4 is 29.2 Å². The molecule has 0 bridgehead atoms. The molecule has 2 aliphatic rings. The number of nitrogens with one attached hydrogen (secondary N) is 1. The molecule has 0 aliphatic carbocycles. The number of aromatic nitrogens is 2. The predicted molar refractivity (Wildman–Crippen MR) is 102 cm³/mol. The Bertz CT molecular complexity index is 892. The van der Waals surface area contributed by atoms with Crippen LogP contribution >= 0.6 is 0 Å². The Labute approximate surface area is 162 Å². The van der Waals surface area contributed by atoms with Gasteiger partial charge in [-0.1, -0.05) is 0 Å². The first-order chi connectivity index (χ1) is 13.5. The van der Waals surface area contributed by atoms with Gasteiger partial charge in [0.1, 0.15) is 0 Å². The Kier molecular flexibility index (Phi) is 4.87. The van der Waals surface area contributed by atoms with Gasteiger partial charge in [0.15, 0.2) is 11.8 Å². The van der Waals surface area contributed by atoms with Crippen LogP contribution in [0, 0.1) is 0 Å². The molecule has 2 fully saturated rings. The van der Waals surface area contributed by atoms with E-state index < -0.39 is 0 Å². The molecule has 0 radical (unpaired) electrons. The van der Waals surface area contributed by atoms with Crippen molar-refractivity contribution in [3.8, 4) is 0 Å². The van der Waals surface area contributed by atoms with Gasteiger partial charge in [0, 0.05) is 18.0 Å². The molecule has 1 atom stereocenters. The number of amides is 2. The minimum Gasteiger partial charge on any atom is -0.330 e. The minimum atomic E-state index is -0.362. The lowest BCUT2D eigenvalue weighted by Crippen LogP contribution is -3.19. The van der Waals surface area contributed by atoms with Crippen LogP contribution in [0.4, 0.5) is 11.6 Å². The van der Waals surface area contributed by atoms with Gasteiger partial charge in [0.05, 0.1) is 38.3 Å². The molecule has 0 saturated carbocycles. The fourth-order valence-electron chi connectivity index (χ4n) is 3.86. The number of quaternary nitrogens is 1. The van der Waals surface area contributed by atoms with Gasteiger partial charge in [0.25, 0.3) is 5.91 Å². The number of Topliss-reactive ketones (excluding diaryl/α,β-unsaturated/α-hetero) is 1. The monoisotopic (exact) mass is 380 g/mol. The zero-order valence-corrected chi connectivity index (χ0v) is 15.7. The third kappa shape index (κ3) is 3.38. The number of carbonyl (C=O) groups is 3. The molecular weight excluding hydrogens is 358 g/mol. The SMILES string of the molecule is CC(=O)c1ccc(N2C(=O)CC([NH+]3CCN(c4ncccn4)CC3)C2=O)cc1. The van der Waals surface area contributed by atoms with Crippen molar-refractivity contribution in [1.29, 1.82) is 0 Å². The van der Waals surface area contributed by atoms with E-state index in [9.17, 15) is 14.4 Å². The van der Waals surface area contributed by atoms with Crippen LogP contribution in [0.15, 0.2) is 42.7 Å². The van der Waals surface area contributed by atoms with Crippen LogP contribution in [0.2, 0.25) is 0 Å². The van der Waals surface area contributed by atoms with Crippen LogP contribution in [0.25, 0.3) is 0 Å². The lowest BCUT2D eigenvalue weighted by Gasteiger charge is -2.34. The Morgan fingerprint density at radius 2 is 1.71 bits per heavy atom. The van der Waals surface area contributed by atoms with Crippen LogP contribution < -0.4 is 14.7 Å². The highest BCUT2D eigenvalue weighted by Crippen LogP contribution is 2.22. The highest BCUT2D eigenvalue weighted by molar-refractivity contribution is 6.22. The molecule has 8 nitrogen and oxygen atoms in total. The number of benzene rings is 1. The molecule has 2 aromatic rings. The number of piperazine rings is 1. The number of ketones is 1. The van der Waals surface area contributed by atoms with Gasteiger partial charge >= 0.3 is 0 Å². The molecule has 1 aromatic heterocycles. The Morgan fingerprint density at radius 3 is 2.32 bits per heavy atom. The van der Waals surface area contributed by atoms with Gasteiger partial charge in [-0.25, -0.2) is 14.9 Å². The van der Waals surface area contributed by atoms with Crippen LogP contribution in [-0.2, 0) is 9.59 Å². The van der Waals surface area contributed by atoms with E-state index in [1.165, 1.54) is 11.8 Å². The Hall–Kier alpha value is -3.13. The van der Waals surface area contributed by atoms with E-state index in [4.69, 9.17) is 0 Å². The predicted octanol–water partition coefficient (Wildman–Crippen LogP) is -0.284. The van der Waals surface area contributed by atoms with E-state index in [0.717, 1.165) is 31.1 Å². The van der Waals surface area contributed by atoms with Crippen molar-refractivity contribution < 1.29 is 19.3 Å². The minimum absolute atomic E-state index is 0.0480. The fourth-order valence-corrected chi connectivity index (χ4v) is 3.86. The first kappa shape index (κ1) is 18.2. The second-order valence-corrected chi connectivity index (χ2v) is 7.12. The lowest BCUT2D eigenvalue weighted by molar-refractivity contribution is -0.915. The quantitative estimate of drug-likeness (QED) is 0.580. The number of nitrogens with zero attached hydrogens (tertiary/aromatic N) is 4. The summed E-state index contributed by atoms with van der Waals surface area (Å²) in [7, 11) is 0. The molecule has 2 aliphatic heterocycles. The molecule has 1 N–H and O–H groups in total. The highest BCUT2D eigenvalue weighted by atomic mass is 16.2.